The van der Waals surface area contributed by atoms with Crippen LogP contribution < -0.4 is 16.4 Å². The molecule has 3 aromatic rings. The topological polar surface area (TPSA) is 136 Å². The molecule has 10 heteroatoms. The van der Waals surface area contributed by atoms with E-state index in [0.29, 0.717) is 30.6 Å². The molecule has 1 heterocycles. The van der Waals surface area contributed by atoms with Crippen molar-refractivity contribution in [2.24, 2.45) is 0 Å². The van der Waals surface area contributed by atoms with Gasteiger partial charge in [-0.25, -0.2) is 4.79 Å². The summed E-state index contributed by atoms with van der Waals surface area (Å²) in [5.41, 5.74) is 1.96. The number of hydrogen-bond acceptors (Lipinski definition) is 6. The van der Waals surface area contributed by atoms with Crippen molar-refractivity contribution >= 4 is 34.3 Å². The van der Waals surface area contributed by atoms with Gasteiger partial charge in [0.25, 0.3) is 5.69 Å². The van der Waals surface area contributed by atoms with Crippen LogP contribution in [-0.4, -0.2) is 21.3 Å². The monoisotopic (exact) mass is 440 g/mol. The van der Waals surface area contributed by atoms with Gasteiger partial charge in [-0.1, -0.05) is 19.1 Å². The Bertz CT molecular complexity index is 1200. The summed E-state index contributed by atoms with van der Waals surface area (Å²) >= 11 is 0. The first kappa shape index (κ1) is 22.7. The van der Waals surface area contributed by atoms with Gasteiger partial charge in [0.15, 0.2) is 5.58 Å². The molecular weight excluding hydrogens is 416 g/mol. The average molecular weight is 440 g/mol. The fourth-order valence-electron chi connectivity index (χ4n) is 3.28. The lowest BCUT2D eigenvalue weighted by Crippen LogP contribution is -2.23. The molecule has 0 spiro atoms. The number of nitro groups is 1. The standard InChI is InChI=1S/C22H24N4O6/c1-2-5-21(28)24-16-7-3-6-15(12-16)14-23-20(27)8-4-11-25-18-10-9-17(26(30)31)13-19(18)32-22(25)29/h3,6-7,9-10,12-13H,2,4-5,8,11,14H2,1H3,(H,23,27)(H,24,28). The summed E-state index contributed by atoms with van der Waals surface area (Å²) in [6.45, 7) is 2.49. The molecule has 1 aromatic heterocycles. The minimum absolute atomic E-state index is 0.0506. The number of hydrogen-bond donors (Lipinski definition) is 2. The molecule has 0 aliphatic carbocycles. The molecule has 2 amide bonds. The van der Waals surface area contributed by atoms with Gasteiger partial charge in [0, 0.05) is 37.7 Å². The highest BCUT2D eigenvalue weighted by Crippen LogP contribution is 2.20. The number of carbonyl (C=O) groups excluding carboxylic acids is 2. The largest absolute Gasteiger partial charge is 0.419 e. The number of nitro benzene ring substituents is 1. The zero-order valence-electron chi connectivity index (χ0n) is 17.6. The normalized spacial score (nSPS) is 10.8. The van der Waals surface area contributed by atoms with Crippen molar-refractivity contribution in [3.63, 3.8) is 0 Å². The Balaban J connectivity index is 1.51. The van der Waals surface area contributed by atoms with Crippen molar-refractivity contribution in [3.05, 3.63) is 68.7 Å². The fourth-order valence-corrected chi connectivity index (χ4v) is 3.28. The number of benzene rings is 2. The summed E-state index contributed by atoms with van der Waals surface area (Å²) in [5.74, 6) is -0.852. The summed E-state index contributed by atoms with van der Waals surface area (Å²) < 4.78 is 6.44. The highest BCUT2D eigenvalue weighted by atomic mass is 16.6. The third-order valence-corrected chi connectivity index (χ3v) is 4.83. The summed E-state index contributed by atoms with van der Waals surface area (Å²) in [6, 6.07) is 11.2. The maximum absolute atomic E-state index is 12.2. The number of anilines is 1. The van der Waals surface area contributed by atoms with E-state index in [0.717, 1.165) is 12.0 Å². The smallest absolute Gasteiger partial charge is 0.407 e. The van der Waals surface area contributed by atoms with Crippen molar-refractivity contribution in [2.45, 2.75) is 45.7 Å². The van der Waals surface area contributed by atoms with E-state index in [1.165, 1.54) is 22.8 Å². The summed E-state index contributed by atoms with van der Waals surface area (Å²) in [6.07, 6.45) is 1.80. The van der Waals surface area contributed by atoms with E-state index in [2.05, 4.69) is 10.6 Å². The number of rotatable bonds is 10. The van der Waals surface area contributed by atoms with Gasteiger partial charge < -0.3 is 15.1 Å². The lowest BCUT2D eigenvalue weighted by molar-refractivity contribution is -0.384. The van der Waals surface area contributed by atoms with Crippen LogP contribution in [0.4, 0.5) is 11.4 Å². The predicted molar refractivity (Wildman–Crippen MR) is 118 cm³/mol. The van der Waals surface area contributed by atoms with Gasteiger partial charge in [-0.3, -0.25) is 24.3 Å². The maximum Gasteiger partial charge on any atom is 0.419 e. The van der Waals surface area contributed by atoms with Gasteiger partial charge in [0.1, 0.15) is 0 Å². The number of carbonyl (C=O) groups is 2. The highest BCUT2D eigenvalue weighted by molar-refractivity contribution is 5.90. The molecule has 0 fully saturated rings. The SMILES string of the molecule is CCCC(=O)Nc1cccc(CNC(=O)CCCn2c(=O)oc3cc([N+](=O)[O-])ccc32)c1. The molecule has 32 heavy (non-hydrogen) atoms. The average Bonchev–Trinajstić information content (AvgIpc) is 3.07. The summed E-state index contributed by atoms with van der Waals surface area (Å²) in [7, 11) is 0. The van der Waals surface area contributed by atoms with Crippen molar-refractivity contribution < 1.29 is 18.9 Å². The minimum atomic E-state index is -0.622. The van der Waals surface area contributed by atoms with Gasteiger partial charge in [-0.15, -0.1) is 0 Å². The number of nitrogens with zero attached hydrogens (tertiary/aromatic N) is 2. The molecule has 168 valence electrons. The first-order valence-electron chi connectivity index (χ1n) is 10.3. The molecule has 0 saturated carbocycles. The third-order valence-electron chi connectivity index (χ3n) is 4.83. The molecule has 2 N–H and O–H groups in total. The summed E-state index contributed by atoms with van der Waals surface area (Å²) in [4.78, 5) is 46.3. The zero-order valence-corrected chi connectivity index (χ0v) is 17.6. The van der Waals surface area contributed by atoms with E-state index in [4.69, 9.17) is 4.42 Å². The minimum Gasteiger partial charge on any atom is -0.407 e. The van der Waals surface area contributed by atoms with Crippen LogP contribution in [0.25, 0.3) is 11.1 Å². The first-order chi connectivity index (χ1) is 15.4. The van der Waals surface area contributed by atoms with Crippen LogP contribution in [0.1, 0.15) is 38.2 Å². The predicted octanol–water partition coefficient (Wildman–Crippen LogP) is 3.34. The third kappa shape index (κ3) is 5.81. The first-order valence-corrected chi connectivity index (χ1v) is 10.3. The van der Waals surface area contributed by atoms with E-state index in [9.17, 15) is 24.5 Å². The molecule has 0 aliphatic rings. The Hall–Kier alpha value is -3.95. The Morgan fingerprint density at radius 1 is 1.12 bits per heavy atom. The Kier molecular flexibility index (Phi) is 7.37. The second kappa shape index (κ2) is 10.4. The maximum atomic E-state index is 12.2. The Morgan fingerprint density at radius 2 is 1.94 bits per heavy atom. The number of nitrogens with one attached hydrogen (secondary N) is 2. The van der Waals surface area contributed by atoms with Crippen molar-refractivity contribution in [3.8, 4) is 0 Å². The number of non-ortho nitro benzene ring substituents is 1. The van der Waals surface area contributed by atoms with Gasteiger partial charge in [-0.2, -0.15) is 0 Å². The van der Waals surface area contributed by atoms with Crippen molar-refractivity contribution in [1.29, 1.82) is 0 Å². The van der Waals surface area contributed by atoms with Crippen LogP contribution in [0, 0.1) is 10.1 Å². The number of fused-ring (bicyclic) bond motifs is 1. The molecule has 0 aliphatic heterocycles. The Labute approximate surface area is 183 Å². The molecule has 3 rings (SSSR count). The molecule has 0 unspecified atom stereocenters. The van der Waals surface area contributed by atoms with Crippen molar-refractivity contribution in [1.82, 2.24) is 9.88 Å². The van der Waals surface area contributed by atoms with Crippen molar-refractivity contribution in [2.75, 3.05) is 5.32 Å². The lowest BCUT2D eigenvalue weighted by atomic mass is 10.2. The second-order valence-electron chi connectivity index (χ2n) is 7.31. The van der Waals surface area contributed by atoms with Gasteiger partial charge in [0.05, 0.1) is 16.5 Å². The number of aryl methyl sites for hydroxylation is 1. The molecule has 0 atom stereocenters. The van der Waals surface area contributed by atoms with E-state index in [1.807, 2.05) is 25.1 Å². The van der Waals surface area contributed by atoms with Gasteiger partial charge >= 0.3 is 5.76 Å². The van der Waals surface area contributed by atoms with Crippen LogP contribution in [0.3, 0.4) is 0 Å². The second-order valence-corrected chi connectivity index (χ2v) is 7.31. The van der Waals surface area contributed by atoms with E-state index in [1.54, 1.807) is 6.07 Å². The molecule has 2 aromatic carbocycles. The van der Waals surface area contributed by atoms with Crippen LogP contribution >= 0.6 is 0 Å². The quantitative estimate of drug-likeness (QED) is 0.366. The van der Waals surface area contributed by atoms with Crippen LogP contribution in [0.5, 0.6) is 0 Å². The molecule has 0 bridgehead atoms. The van der Waals surface area contributed by atoms with Crippen LogP contribution in [-0.2, 0) is 22.7 Å². The molecular formula is C22H24N4O6. The fraction of sp³-hybridized carbons (Fsp3) is 0.318. The summed E-state index contributed by atoms with van der Waals surface area (Å²) in [5, 5.41) is 16.5. The molecule has 0 radical (unpaired) electrons. The Morgan fingerprint density at radius 3 is 2.69 bits per heavy atom. The van der Waals surface area contributed by atoms with Gasteiger partial charge in [-0.05, 0) is 36.6 Å². The van der Waals surface area contributed by atoms with E-state index < -0.39 is 10.7 Å². The highest BCUT2D eigenvalue weighted by Gasteiger charge is 2.14. The lowest BCUT2D eigenvalue weighted by Gasteiger charge is -2.09. The van der Waals surface area contributed by atoms with E-state index in [-0.39, 0.29) is 36.1 Å². The number of aromatic nitrogens is 1. The number of amides is 2. The zero-order chi connectivity index (χ0) is 23.1. The number of oxazole rings is 1. The molecule has 10 nitrogen and oxygen atoms in total. The van der Waals surface area contributed by atoms with Crippen LogP contribution in [0.2, 0.25) is 0 Å². The van der Waals surface area contributed by atoms with E-state index >= 15 is 0 Å². The van der Waals surface area contributed by atoms with Gasteiger partial charge in [0.2, 0.25) is 11.8 Å². The molecule has 0 saturated heterocycles. The van der Waals surface area contributed by atoms with Crippen LogP contribution in [0.15, 0.2) is 51.7 Å².